The van der Waals surface area contributed by atoms with Gasteiger partial charge in [0.1, 0.15) is 45.9 Å². The molecule has 60 heavy (non-hydrogen) atoms. The van der Waals surface area contributed by atoms with Crippen molar-refractivity contribution < 1.29 is 28.7 Å². The number of allylic oxidation sites excluding steroid dienone is 1. The summed E-state index contributed by atoms with van der Waals surface area (Å²) < 4.78 is 15.6. The van der Waals surface area contributed by atoms with Gasteiger partial charge in [0.15, 0.2) is 0 Å². The second-order valence-corrected chi connectivity index (χ2v) is 18.6. The lowest BCUT2D eigenvalue weighted by molar-refractivity contribution is -0.141. The Labute approximate surface area is 359 Å². The van der Waals surface area contributed by atoms with E-state index in [-0.39, 0.29) is 36.6 Å². The monoisotopic (exact) mass is 851 g/mol. The SMILES string of the molecule is COc1ccc2c(O[C@@H]3CC4C(=O)N[C@]5(C(=O)NSC6CC6)C[C@H]5/C=C\CCCCC[C@H](NC(=O)Nc5ccccc5)C(=O)N4C3)cc(-c3nc(C(C)C)cs3)nc2c1C. The van der Waals surface area contributed by atoms with Gasteiger partial charge in [-0.15, -0.1) is 11.3 Å². The Morgan fingerprint density at radius 2 is 1.85 bits per heavy atom. The highest BCUT2D eigenvalue weighted by molar-refractivity contribution is 7.98. The summed E-state index contributed by atoms with van der Waals surface area (Å²) in [5.41, 5.74) is 2.63. The largest absolute Gasteiger partial charge is 0.496 e. The van der Waals surface area contributed by atoms with Crippen LogP contribution in [0.15, 0.2) is 66.1 Å². The van der Waals surface area contributed by atoms with E-state index in [0.29, 0.717) is 52.9 Å². The first-order valence-corrected chi connectivity index (χ1v) is 22.8. The zero-order valence-electron chi connectivity index (χ0n) is 34.5. The minimum Gasteiger partial charge on any atom is -0.496 e. The maximum absolute atomic E-state index is 14.8. The molecule has 5 amide bonds. The zero-order chi connectivity index (χ0) is 42.0. The predicted octanol–water partition coefficient (Wildman–Crippen LogP) is 7.66. The van der Waals surface area contributed by atoms with E-state index in [1.165, 1.54) is 23.3 Å². The second-order valence-electron chi connectivity index (χ2n) is 16.6. The molecule has 2 aliphatic heterocycles. The van der Waals surface area contributed by atoms with Gasteiger partial charge in [-0.25, -0.2) is 14.8 Å². The van der Waals surface area contributed by atoms with Crippen LogP contribution >= 0.6 is 23.3 Å². The first-order chi connectivity index (χ1) is 29.0. The Balaban J connectivity index is 1.12. The van der Waals surface area contributed by atoms with Gasteiger partial charge in [0, 0.05) is 45.7 Å². The number of carbonyl (C=O) groups is 4. The fourth-order valence-electron chi connectivity index (χ4n) is 8.08. The van der Waals surface area contributed by atoms with E-state index in [2.05, 4.69) is 46.7 Å². The van der Waals surface area contributed by atoms with Crippen molar-refractivity contribution in [3.63, 3.8) is 0 Å². The number of hydrogen-bond acceptors (Lipinski definition) is 10. The van der Waals surface area contributed by atoms with Gasteiger partial charge in [0.25, 0.3) is 5.91 Å². The Bertz CT molecular complexity index is 2280. The van der Waals surface area contributed by atoms with Crippen LogP contribution in [0.25, 0.3) is 21.6 Å². The first-order valence-electron chi connectivity index (χ1n) is 21.0. The molecule has 0 radical (unpaired) electrons. The van der Waals surface area contributed by atoms with Crippen LogP contribution in [0.3, 0.4) is 0 Å². The van der Waals surface area contributed by atoms with Crippen LogP contribution in [0.5, 0.6) is 11.5 Å². The maximum atomic E-state index is 14.8. The molecule has 4 aromatic rings. The van der Waals surface area contributed by atoms with Gasteiger partial charge < -0.3 is 30.3 Å². The molecule has 2 aromatic carbocycles. The number of benzene rings is 2. The highest BCUT2D eigenvalue weighted by atomic mass is 32.2. The van der Waals surface area contributed by atoms with Crippen molar-refractivity contribution in [1.82, 2.24) is 30.2 Å². The molecule has 15 heteroatoms. The lowest BCUT2D eigenvalue weighted by Crippen LogP contribution is -2.57. The van der Waals surface area contributed by atoms with E-state index in [9.17, 15) is 19.2 Å². The van der Waals surface area contributed by atoms with Gasteiger partial charge >= 0.3 is 6.03 Å². The van der Waals surface area contributed by atoms with Crippen LogP contribution in [-0.2, 0) is 14.4 Å². The Hall–Kier alpha value is -5.15. The molecular weight excluding hydrogens is 799 g/mol. The molecule has 1 unspecified atom stereocenters. The average Bonchev–Trinajstić information content (AvgIpc) is 4.08. The Morgan fingerprint density at radius 1 is 1.03 bits per heavy atom. The molecule has 0 spiro atoms. The summed E-state index contributed by atoms with van der Waals surface area (Å²) in [5, 5.41) is 12.9. The molecule has 2 aliphatic carbocycles. The molecule has 316 valence electrons. The molecule has 13 nitrogen and oxygen atoms in total. The van der Waals surface area contributed by atoms with Crippen molar-refractivity contribution in [2.45, 2.75) is 113 Å². The van der Waals surface area contributed by atoms with Gasteiger partial charge in [0.05, 0.1) is 24.9 Å². The number of rotatable bonds is 10. The Morgan fingerprint density at radius 3 is 2.60 bits per heavy atom. The van der Waals surface area contributed by atoms with E-state index in [1.807, 2.05) is 48.7 Å². The third kappa shape index (κ3) is 9.12. The normalized spacial score (nSPS) is 25.0. The fourth-order valence-corrected chi connectivity index (χ4v) is 9.85. The third-order valence-electron chi connectivity index (χ3n) is 11.8. The van der Waals surface area contributed by atoms with Crippen molar-refractivity contribution in [2.75, 3.05) is 19.0 Å². The Kier molecular flexibility index (Phi) is 12.4. The number of nitrogens with zero attached hydrogens (tertiary/aromatic N) is 3. The standard InChI is InChI=1S/C45H53N7O6S2/c1-26(2)35-25-59-41(48-35)34-22-38(32-19-20-37(57-4)27(3)39(32)47-34)58-30-21-36-40(53)50-45(43(55)51-60-31-17-18-31)23-28(45)13-9-6-5-7-12-16-33(42(54)52(36)24-30)49-44(56)46-29-14-10-8-11-15-29/h8-11,13-15,19-20,22,25-26,28,30-31,33,36H,5-7,12,16-18,21,23-24H2,1-4H3,(H,50,53)(H,51,55)(H2,46,49,56)/b13-9-/t28-,30-,33+,36?,45-/m1/s1. The summed E-state index contributed by atoms with van der Waals surface area (Å²) in [4.78, 5) is 68.2. The van der Waals surface area contributed by atoms with Crippen LogP contribution < -0.4 is 30.1 Å². The van der Waals surface area contributed by atoms with E-state index in [4.69, 9.17) is 19.4 Å². The molecule has 2 aromatic heterocycles. The molecule has 8 rings (SSSR count). The highest BCUT2D eigenvalue weighted by Gasteiger charge is 2.61. The number of carbonyl (C=O) groups excluding carboxylic acids is 4. The number of hydrogen-bond donors (Lipinski definition) is 4. The number of nitrogens with one attached hydrogen (secondary N) is 4. The summed E-state index contributed by atoms with van der Waals surface area (Å²) in [5.74, 6) is 0.279. The number of urea groups is 1. The van der Waals surface area contributed by atoms with Crippen LogP contribution in [0.4, 0.5) is 10.5 Å². The van der Waals surface area contributed by atoms with Gasteiger partial charge in [0.2, 0.25) is 11.8 Å². The predicted molar refractivity (Wildman–Crippen MR) is 235 cm³/mol. The summed E-state index contributed by atoms with van der Waals surface area (Å²) in [7, 11) is 1.62. The minimum atomic E-state index is -1.12. The topological polar surface area (TPSA) is 164 Å². The fraction of sp³-hybridized carbons (Fsp3) is 0.467. The highest BCUT2D eigenvalue weighted by Crippen LogP contribution is 2.47. The molecule has 0 bridgehead atoms. The van der Waals surface area contributed by atoms with Gasteiger partial charge in [-0.2, -0.15) is 0 Å². The summed E-state index contributed by atoms with van der Waals surface area (Å²) in [6.07, 6.45) is 9.90. The van der Waals surface area contributed by atoms with E-state index in [1.54, 1.807) is 24.1 Å². The molecule has 5 atom stereocenters. The van der Waals surface area contributed by atoms with Crippen LogP contribution in [0, 0.1) is 12.8 Å². The number of amides is 5. The van der Waals surface area contributed by atoms with Crippen molar-refractivity contribution in [3.05, 3.63) is 77.3 Å². The smallest absolute Gasteiger partial charge is 0.319 e. The van der Waals surface area contributed by atoms with Crippen molar-refractivity contribution in [2.24, 2.45) is 5.92 Å². The quantitative estimate of drug-likeness (QED) is 0.0927. The summed E-state index contributed by atoms with van der Waals surface area (Å²) in [6.45, 7) is 6.23. The number of aryl methyl sites for hydroxylation is 1. The molecule has 1 saturated heterocycles. The lowest BCUT2D eigenvalue weighted by atomic mass is 10.0. The summed E-state index contributed by atoms with van der Waals surface area (Å²) >= 11 is 2.93. The third-order valence-corrected chi connectivity index (χ3v) is 13.8. The number of pyridine rings is 1. The number of anilines is 1. The van der Waals surface area contributed by atoms with Crippen molar-refractivity contribution in [3.8, 4) is 22.2 Å². The van der Waals surface area contributed by atoms with E-state index < -0.39 is 35.7 Å². The average molecular weight is 852 g/mol. The van der Waals surface area contributed by atoms with Crippen LogP contribution in [-0.4, -0.2) is 81.3 Å². The number of ether oxygens (including phenoxy) is 2. The number of fused-ring (bicyclic) bond motifs is 3. The van der Waals surface area contributed by atoms with Gasteiger partial charge in [-0.3, -0.25) is 19.1 Å². The number of para-hydroxylation sites is 1. The molecule has 4 N–H and O–H groups in total. The molecule has 3 fully saturated rings. The lowest BCUT2D eigenvalue weighted by Gasteiger charge is -2.30. The van der Waals surface area contributed by atoms with Gasteiger partial charge in [-0.05, 0) is 87.6 Å². The number of methoxy groups -OCH3 is 1. The first kappa shape index (κ1) is 41.6. The van der Waals surface area contributed by atoms with Crippen LogP contribution in [0.2, 0.25) is 0 Å². The van der Waals surface area contributed by atoms with Crippen LogP contribution in [0.1, 0.15) is 88.8 Å². The van der Waals surface area contributed by atoms with E-state index >= 15 is 0 Å². The number of aromatic nitrogens is 2. The second kappa shape index (κ2) is 17.8. The zero-order valence-corrected chi connectivity index (χ0v) is 36.1. The number of thiazole rings is 1. The molecular formula is C45H53N7O6S2. The van der Waals surface area contributed by atoms with Crippen molar-refractivity contribution in [1.29, 1.82) is 0 Å². The molecule has 4 aliphatic rings. The maximum Gasteiger partial charge on any atom is 0.319 e. The van der Waals surface area contributed by atoms with Gasteiger partial charge in [-0.1, -0.05) is 57.0 Å². The molecule has 4 heterocycles. The summed E-state index contributed by atoms with van der Waals surface area (Å²) in [6, 6.07) is 12.3. The van der Waals surface area contributed by atoms with E-state index in [0.717, 1.165) is 53.8 Å². The minimum absolute atomic E-state index is 0.0818. The van der Waals surface area contributed by atoms with Crippen molar-refractivity contribution >= 4 is 63.6 Å². The molecule has 2 saturated carbocycles.